The number of nitrogens with zero attached hydrogens (tertiary/aromatic N) is 1. The van der Waals surface area contributed by atoms with E-state index >= 15 is 0 Å². The van der Waals surface area contributed by atoms with E-state index in [0.717, 1.165) is 0 Å². The Balaban J connectivity index is 1.82. The Bertz CT molecular complexity index is 575. The molecule has 1 saturated heterocycles. The van der Waals surface area contributed by atoms with Gasteiger partial charge in [-0.3, -0.25) is 0 Å². The molecule has 106 valence electrons. The van der Waals surface area contributed by atoms with Crippen molar-refractivity contribution >= 4 is 38.6 Å². The molecule has 0 bridgehead atoms. The summed E-state index contributed by atoms with van der Waals surface area (Å²) in [5, 5.41) is 5.80. The fourth-order valence-electron chi connectivity index (χ4n) is 2.74. The van der Waals surface area contributed by atoms with Crippen molar-refractivity contribution in [1.82, 2.24) is 0 Å². The molecule has 1 N–H and O–H groups in total. The summed E-state index contributed by atoms with van der Waals surface area (Å²) < 4.78 is 1.20. The monoisotopic (exact) mass is 350 g/mol. The van der Waals surface area contributed by atoms with Gasteiger partial charge in [-0.1, -0.05) is 12.1 Å². The Hall–Kier alpha value is -1.00. The molecule has 20 heavy (non-hydrogen) atoms. The van der Waals surface area contributed by atoms with Gasteiger partial charge in [0.1, 0.15) is 0 Å². The van der Waals surface area contributed by atoms with Crippen LogP contribution in [0.1, 0.15) is 30.7 Å². The lowest BCUT2D eigenvalue weighted by Gasteiger charge is -2.24. The van der Waals surface area contributed by atoms with Crippen molar-refractivity contribution in [2.75, 3.05) is 23.3 Å². The fraction of sp³-hybridized carbons (Fsp3) is 0.375. The second-order valence-corrected chi connectivity index (χ2v) is 7.01. The quantitative estimate of drug-likeness (QED) is 0.806. The highest BCUT2D eigenvalue weighted by molar-refractivity contribution is 9.10. The van der Waals surface area contributed by atoms with Gasteiger partial charge in [-0.2, -0.15) is 0 Å². The predicted octanol–water partition coefficient (Wildman–Crippen LogP) is 5.28. The highest BCUT2D eigenvalue weighted by atomic mass is 79.9. The van der Waals surface area contributed by atoms with E-state index in [1.54, 1.807) is 11.3 Å². The van der Waals surface area contributed by atoms with Crippen molar-refractivity contribution < 1.29 is 0 Å². The average Bonchev–Trinajstić information content (AvgIpc) is 3.10. The number of para-hydroxylation sites is 2. The molecule has 1 aliphatic rings. The lowest BCUT2D eigenvalue weighted by molar-refractivity contribution is 0.894. The van der Waals surface area contributed by atoms with Crippen LogP contribution < -0.4 is 10.2 Å². The van der Waals surface area contributed by atoms with E-state index in [9.17, 15) is 0 Å². The van der Waals surface area contributed by atoms with E-state index in [-0.39, 0.29) is 0 Å². The van der Waals surface area contributed by atoms with Gasteiger partial charge in [0.15, 0.2) is 0 Å². The highest BCUT2D eigenvalue weighted by Gasteiger charge is 2.17. The molecule has 0 aliphatic carbocycles. The molecule has 1 aromatic heterocycles. The maximum absolute atomic E-state index is 3.67. The molecule has 2 heterocycles. The molecule has 1 aromatic carbocycles. The van der Waals surface area contributed by atoms with Gasteiger partial charge < -0.3 is 10.2 Å². The molecule has 1 aliphatic heterocycles. The van der Waals surface area contributed by atoms with Gasteiger partial charge in [0, 0.05) is 22.4 Å². The van der Waals surface area contributed by atoms with Crippen LogP contribution >= 0.6 is 27.3 Å². The zero-order valence-electron chi connectivity index (χ0n) is 11.6. The SMILES string of the molecule is CC(Nc1ccccc1N1CCCC1)c1sccc1Br. The molecule has 1 atom stereocenters. The molecular formula is C16H19BrN2S. The summed E-state index contributed by atoms with van der Waals surface area (Å²) in [5.41, 5.74) is 2.58. The second-order valence-electron chi connectivity index (χ2n) is 5.21. The lowest BCUT2D eigenvalue weighted by Crippen LogP contribution is -2.19. The number of hydrogen-bond donors (Lipinski definition) is 1. The summed E-state index contributed by atoms with van der Waals surface area (Å²) in [6.07, 6.45) is 2.61. The third-order valence-corrected chi connectivity index (χ3v) is 5.81. The Morgan fingerprint density at radius 2 is 1.95 bits per heavy atom. The van der Waals surface area contributed by atoms with Crippen LogP contribution in [0.5, 0.6) is 0 Å². The number of hydrogen-bond acceptors (Lipinski definition) is 3. The first-order chi connectivity index (χ1) is 9.75. The topological polar surface area (TPSA) is 15.3 Å². The number of halogens is 1. The summed E-state index contributed by atoms with van der Waals surface area (Å²) in [7, 11) is 0. The van der Waals surface area contributed by atoms with E-state index in [1.807, 2.05) is 0 Å². The largest absolute Gasteiger partial charge is 0.376 e. The lowest BCUT2D eigenvalue weighted by atomic mass is 10.2. The zero-order valence-corrected chi connectivity index (χ0v) is 14.0. The molecule has 1 unspecified atom stereocenters. The van der Waals surface area contributed by atoms with Gasteiger partial charge in [-0.25, -0.2) is 0 Å². The van der Waals surface area contributed by atoms with Gasteiger partial charge in [0.25, 0.3) is 0 Å². The Labute approximate surface area is 132 Å². The van der Waals surface area contributed by atoms with Crippen LogP contribution in [-0.4, -0.2) is 13.1 Å². The van der Waals surface area contributed by atoms with Gasteiger partial charge in [-0.05, 0) is 59.3 Å². The van der Waals surface area contributed by atoms with E-state index in [2.05, 4.69) is 68.8 Å². The van der Waals surface area contributed by atoms with Crippen molar-refractivity contribution in [2.24, 2.45) is 0 Å². The maximum atomic E-state index is 3.67. The van der Waals surface area contributed by atoms with Crippen molar-refractivity contribution in [3.63, 3.8) is 0 Å². The molecule has 1 fully saturated rings. The smallest absolute Gasteiger partial charge is 0.0602 e. The second kappa shape index (κ2) is 6.19. The number of rotatable bonds is 4. The third-order valence-electron chi connectivity index (χ3n) is 3.76. The standard InChI is InChI=1S/C16H19BrN2S/c1-12(16-13(17)8-11-20-16)18-14-6-2-3-7-15(14)19-9-4-5-10-19/h2-3,6-8,11-12,18H,4-5,9-10H2,1H3. The Morgan fingerprint density at radius 1 is 1.20 bits per heavy atom. The maximum Gasteiger partial charge on any atom is 0.0602 e. The van der Waals surface area contributed by atoms with Crippen LogP contribution in [0.15, 0.2) is 40.2 Å². The van der Waals surface area contributed by atoms with Crippen molar-refractivity contribution in [3.8, 4) is 0 Å². The van der Waals surface area contributed by atoms with Crippen molar-refractivity contribution in [1.29, 1.82) is 0 Å². The van der Waals surface area contributed by atoms with Gasteiger partial charge in [0.2, 0.25) is 0 Å². The first-order valence-electron chi connectivity index (χ1n) is 7.09. The number of benzene rings is 1. The van der Waals surface area contributed by atoms with Crippen LogP contribution in [0.4, 0.5) is 11.4 Å². The Kier molecular flexibility index (Phi) is 4.32. The average molecular weight is 351 g/mol. The van der Waals surface area contributed by atoms with E-state index in [0.29, 0.717) is 6.04 Å². The number of thiophene rings is 1. The molecular weight excluding hydrogens is 332 g/mol. The summed E-state index contributed by atoms with van der Waals surface area (Å²) in [6, 6.07) is 11.1. The number of nitrogens with one attached hydrogen (secondary N) is 1. The number of anilines is 2. The fourth-order valence-corrected chi connectivity index (χ4v) is 4.47. The molecule has 4 heteroatoms. The minimum absolute atomic E-state index is 0.313. The van der Waals surface area contributed by atoms with Crippen molar-refractivity contribution in [2.45, 2.75) is 25.8 Å². The van der Waals surface area contributed by atoms with Gasteiger partial charge >= 0.3 is 0 Å². The van der Waals surface area contributed by atoms with E-state index in [4.69, 9.17) is 0 Å². The predicted molar refractivity (Wildman–Crippen MR) is 91.9 cm³/mol. The minimum Gasteiger partial charge on any atom is -0.376 e. The first kappa shape index (κ1) is 14.0. The first-order valence-corrected chi connectivity index (χ1v) is 8.76. The normalized spacial score (nSPS) is 16.4. The van der Waals surface area contributed by atoms with Crippen LogP contribution in [0.25, 0.3) is 0 Å². The summed E-state index contributed by atoms with van der Waals surface area (Å²) >= 11 is 5.42. The minimum atomic E-state index is 0.313. The molecule has 0 radical (unpaired) electrons. The molecule has 3 rings (SSSR count). The molecule has 2 aromatic rings. The van der Waals surface area contributed by atoms with Gasteiger partial charge in [-0.15, -0.1) is 11.3 Å². The van der Waals surface area contributed by atoms with Gasteiger partial charge in [0.05, 0.1) is 17.4 Å². The van der Waals surface area contributed by atoms with Crippen LogP contribution in [0, 0.1) is 0 Å². The van der Waals surface area contributed by atoms with Crippen LogP contribution in [-0.2, 0) is 0 Å². The summed E-state index contributed by atoms with van der Waals surface area (Å²) in [4.78, 5) is 3.83. The third kappa shape index (κ3) is 2.86. The van der Waals surface area contributed by atoms with E-state index in [1.165, 1.54) is 46.7 Å². The summed E-state index contributed by atoms with van der Waals surface area (Å²) in [5.74, 6) is 0. The van der Waals surface area contributed by atoms with Crippen LogP contribution in [0.3, 0.4) is 0 Å². The molecule has 0 spiro atoms. The molecule has 2 nitrogen and oxygen atoms in total. The summed E-state index contributed by atoms with van der Waals surface area (Å²) in [6.45, 7) is 4.57. The molecule has 0 saturated carbocycles. The Morgan fingerprint density at radius 3 is 2.65 bits per heavy atom. The highest BCUT2D eigenvalue weighted by Crippen LogP contribution is 2.35. The zero-order chi connectivity index (χ0) is 13.9. The van der Waals surface area contributed by atoms with Crippen LogP contribution in [0.2, 0.25) is 0 Å². The van der Waals surface area contributed by atoms with Crippen molar-refractivity contribution in [3.05, 3.63) is 45.1 Å². The molecule has 0 amide bonds. The van der Waals surface area contributed by atoms with E-state index < -0.39 is 0 Å².